The number of aromatic nitrogens is 1. The van der Waals surface area contributed by atoms with Crippen molar-refractivity contribution < 1.29 is 13.5 Å². The van der Waals surface area contributed by atoms with Gasteiger partial charge in [0.1, 0.15) is 4.21 Å². The maximum Gasteiger partial charge on any atom is 0.250 e. The smallest absolute Gasteiger partial charge is 0.250 e. The summed E-state index contributed by atoms with van der Waals surface area (Å²) in [5.74, 6) is 0. The molecule has 0 radical (unpaired) electrons. The van der Waals surface area contributed by atoms with Gasteiger partial charge in [0.2, 0.25) is 10.0 Å². The molecule has 0 saturated carbocycles. The van der Waals surface area contributed by atoms with Gasteiger partial charge < -0.3 is 5.11 Å². The Labute approximate surface area is 116 Å². The Morgan fingerprint density at radius 1 is 1.26 bits per heavy atom. The van der Waals surface area contributed by atoms with Gasteiger partial charge in [0.25, 0.3) is 0 Å². The molecule has 19 heavy (non-hydrogen) atoms. The lowest BCUT2D eigenvalue weighted by Gasteiger charge is -2.04. The molecule has 0 aliphatic carbocycles. The fraction of sp³-hybridized carbons (Fsp3) is 0.250. The van der Waals surface area contributed by atoms with E-state index in [1.807, 2.05) is 12.1 Å². The lowest BCUT2D eigenvalue weighted by Crippen LogP contribution is -2.25. The standard InChI is InChI=1S/C12H14N2O3S2/c15-8-11-7-12(18-9-11)19(16,17)14-6-3-10-1-4-13-5-2-10/h1-2,4-5,7,9,14-15H,3,6,8H2. The zero-order chi connectivity index (χ0) is 13.7. The van der Waals surface area contributed by atoms with Gasteiger partial charge in [0.05, 0.1) is 6.61 Å². The first-order valence-corrected chi connectivity index (χ1v) is 8.05. The highest BCUT2D eigenvalue weighted by molar-refractivity contribution is 7.91. The molecule has 0 atom stereocenters. The van der Waals surface area contributed by atoms with E-state index in [4.69, 9.17) is 5.11 Å². The number of rotatable bonds is 6. The van der Waals surface area contributed by atoms with Crippen molar-refractivity contribution in [3.8, 4) is 0 Å². The van der Waals surface area contributed by atoms with E-state index in [2.05, 4.69) is 9.71 Å². The second kappa shape index (κ2) is 6.25. The summed E-state index contributed by atoms with van der Waals surface area (Å²) >= 11 is 1.11. The third-order valence-electron chi connectivity index (χ3n) is 2.53. The van der Waals surface area contributed by atoms with E-state index >= 15 is 0 Å². The summed E-state index contributed by atoms with van der Waals surface area (Å²) in [6.07, 6.45) is 3.97. The molecular weight excluding hydrogens is 284 g/mol. The lowest BCUT2D eigenvalue weighted by atomic mass is 10.2. The molecule has 2 aromatic rings. The van der Waals surface area contributed by atoms with Crippen molar-refractivity contribution in [3.05, 3.63) is 47.1 Å². The summed E-state index contributed by atoms with van der Waals surface area (Å²) in [5.41, 5.74) is 1.64. The van der Waals surface area contributed by atoms with Gasteiger partial charge in [-0.2, -0.15) is 0 Å². The largest absolute Gasteiger partial charge is 0.392 e. The minimum Gasteiger partial charge on any atom is -0.392 e. The fourth-order valence-electron chi connectivity index (χ4n) is 1.53. The lowest BCUT2D eigenvalue weighted by molar-refractivity contribution is 0.282. The van der Waals surface area contributed by atoms with Crippen LogP contribution in [0.3, 0.4) is 0 Å². The van der Waals surface area contributed by atoms with Gasteiger partial charge in [-0.3, -0.25) is 4.98 Å². The third-order valence-corrected chi connectivity index (χ3v) is 5.48. The second-order valence-electron chi connectivity index (χ2n) is 3.94. The summed E-state index contributed by atoms with van der Waals surface area (Å²) in [4.78, 5) is 3.90. The van der Waals surface area contributed by atoms with Crippen molar-refractivity contribution in [1.29, 1.82) is 0 Å². The first-order valence-electron chi connectivity index (χ1n) is 5.68. The van der Waals surface area contributed by atoms with Crippen LogP contribution in [0.4, 0.5) is 0 Å². The number of thiophene rings is 1. The highest BCUT2D eigenvalue weighted by Crippen LogP contribution is 2.19. The molecule has 0 aliphatic rings. The molecule has 102 valence electrons. The van der Waals surface area contributed by atoms with E-state index < -0.39 is 10.0 Å². The molecule has 2 rings (SSSR count). The number of aliphatic hydroxyl groups is 1. The number of hydrogen-bond acceptors (Lipinski definition) is 5. The zero-order valence-corrected chi connectivity index (χ0v) is 11.7. The van der Waals surface area contributed by atoms with Crippen LogP contribution in [-0.4, -0.2) is 25.1 Å². The fourth-order valence-corrected chi connectivity index (χ4v) is 3.80. The molecule has 2 aromatic heterocycles. The molecular formula is C12H14N2O3S2. The molecule has 0 saturated heterocycles. The summed E-state index contributed by atoms with van der Waals surface area (Å²) < 4.78 is 26.7. The maximum atomic E-state index is 12.0. The molecule has 2 N–H and O–H groups in total. The molecule has 0 amide bonds. The van der Waals surface area contributed by atoms with Gasteiger partial charge in [-0.1, -0.05) is 0 Å². The topological polar surface area (TPSA) is 79.3 Å². The van der Waals surface area contributed by atoms with Crippen molar-refractivity contribution in [3.63, 3.8) is 0 Å². The molecule has 0 spiro atoms. The highest BCUT2D eigenvalue weighted by atomic mass is 32.2. The Bertz CT molecular complexity index is 623. The highest BCUT2D eigenvalue weighted by Gasteiger charge is 2.15. The van der Waals surface area contributed by atoms with Crippen LogP contribution in [-0.2, 0) is 23.1 Å². The van der Waals surface area contributed by atoms with Crippen LogP contribution < -0.4 is 4.72 Å². The van der Waals surface area contributed by atoms with Gasteiger partial charge in [0.15, 0.2) is 0 Å². The monoisotopic (exact) mass is 298 g/mol. The average molecular weight is 298 g/mol. The van der Waals surface area contributed by atoms with Crippen molar-refractivity contribution in [2.24, 2.45) is 0 Å². The Balaban J connectivity index is 1.94. The molecule has 5 nitrogen and oxygen atoms in total. The number of nitrogens with zero attached hydrogens (tertiary/aromatic N) is 1. The Hall–Kier alpha value is -1.28. The summed E-state index contributed by atoms with van der Waals surface area (Å²) in [6, 6.07) is 5.19. The number of sulfonamides is 1. The van der Waals surface area contributed by atoms with Crippen molar-refractivity contribution in [1.82, 2.24) is 9.71 Å². The average Bonchev–Trinajstić information content (AvgIpc) is 2.89. The van der Waals surface area contributed by atoms with Gasteiger partial charge in [-0.25, -0.2) is 13.1 Å². The van der Waals surface area contributed by atoms with Crippen molar-refractivity contribution in [2.45, 2.75) is 17.2 Å². The van der Waals surface area contributed by atoms with E-state index in [9.17, 15) is 8.42 Å². The second-order valence-corrected chi connectivity index (χ2v) is 6.84. The number of pyridine rings is 1. The molecule has 2 heterocycles. The van der Waals surface area contributed by atoms with Crippen molar-refractivity contribution >= 4 is 21.4 Å². The van der Waals surface area contributed by atoms with Crippen LogP contribution in [0.15, 0.2) is 40.2 Å². The van der Waals surface area contributed by atoms with Crippen LogP contribution in [0.2, 0.25) is 0 Å². The molecule has 0 bridgehead atoms. The van der Waals surface area contributed by atoms with E-state index in [-0.39, 0.29) is 10.8 Å². The van der Waals surface area contributed by atoms with Gasteiger partial charge in [0, 0.05) is 18.9 Å². The van der Waals surface area contributed by atoms with E-state index in [0.29, 0.717) is 18.5 Å². The SMILES string of the molecule is O=S(=O)(NCCc1ccncc1)c1cc(CO)cs1. The van der Waals surface area contributed by atoms with Gasteiger partial charge in [-0.05, 0) is 41.1 Å². The predicted octanol–water partition coefficient (Wildman–Crippen LogP) is 1.16. The Kier molecular flexibility index (Phi) is 4.65. The number of aliphatic hydroxyl groups excluding tert-OH is 1. The molecule has 0 unspecified atom stereocenters. The molecule has 0 aliphatic heterocycles. The van der Waals surface area contributed by atoms with Crippen LogP contribution in [0.5, 0.6) is 0 Å². The Morgan fingerprint density at radius 3 is 2.63 bits per heavy atom. The molecule has 0 aromatic carbocycles. The van der Waals surface area contributed by atoms with E-state index in [0.717, 1.165) is 16.9 Å². The zero-order valence-electron chi connectivity index (χ0n) is 10.1. The van der Waals surface area contributed by atoms with Gasteiger partial charge in [-0.15, -0.1) is 11.3 Å². The summed E-state index contributed by atoms with van der Waals surface area (Å²) in [5, 5.41) is 10.6. The van der Waals surface area contributed by atoms with Crippen LogP contribution >= 0.6 is 11.3 Å². The first kappa shape index (κ1) is 14.1. The third kappa shape index (κ3) is 3.84. The maximum absolute atomic E-state index is 12.0. The number of nitrogens with one attached hydrogen (secondary N) is 1. The van der Waals surface area contributed by atoms with E-state index in [1.165, 1.54) is 6.07 Å². The molecule has 7 heteroatoms. The van der Waals surface area contributed by atoms with Crippen LogP contribution in [0.1, 0.15) is 11.1 Å². The Morgan fingerprint density at radius 2 is 2.00 bits per heavy atom. The van der Waals surface area contributed by atoms with Crippen LogP contribution in [0, 0.1) is 0 Å². The summed E-state index contributed by atoms with van der Waals surface area (Å²) in [6.45, 7) is 0.182. The normalized spacial score (nSPS) is 11.6. The van der Waals surface area contributed by atoms with E-state index in [1.54, 1.807) is 17.8 Å². The summed E-state index contributed by atoms with van der Waals surface area (Å²) in [7, 11) is -3.48. The minimum atomic E-state index is -3.48. The van der Waals surface area contributed by atoms with Crippen molar-refractivity contribution in [2.75, 3.05) is 6.54 Å². The van der Waals surface area contributed by atoms with Crippen LogP contribution in [0.25, 0.3) is 0 Å². The quantitative estimate of drug-likeness (QED) is 0.838. The molecule has 0 fully saturated rings. The minimum absolute atomic E-state index is 0.150. The van der Waals surface area contributed by atoms with Gasteiger partial charge >= 0.3 is 0 Å². The number of hydrogen-bond donors (Lipinski definition) is 2. The predicted molar refractivity (Wildman–Crippen MR) is 73.4 cm³/mol. The first-order chi connectivity index (χ1) is 9.12.